The number of aliphatic hydroxyl groups is 1. The molecule has 4 aromatic rings. The number of carbonyl (C=O) groups excluding carboxylic acids is 2. The Morgan fingerprint density at radius 1 is 1.08 bits per heavy atom. The summed E-state index contributed by atoms with van der Waals surface area (Å²) in [6, 6.07) is 19.1. The smallest absolute Gasteiger partial charge is 0.301 e. The Morgan fingerprint density at radius 3 is 2.61 bits per heavy atom. The molecule has 1 aromatic heterocycles. The Labute approximate surface area is 230 Å². The first-order chi connectivity index (χ1) is 18.4. The molecule has 5 rings (SSSR count). The van der Waals surface area contributed by atoms with Gasteiger partial charge in [-0.1, -0.05) is 79.6 Å². The second kappa shape index (κ2) is 11.0. The van der Waals surface area contributed by atoms with Gasteiger partial charge in [0.25, 0.3) is 5.78 Å². The molecule has 0 radical (unpaired) electrons. The molecule has 0 saturated carbocycles. The molecule has 8 heteroatoms. The van der Waals surface area contributed by atoms with Crippen LogP contribution in [0.2, 0.25) is 5.02 Å². The zero-order valence-corrected chi connectivity index (χ0v) is 22.7. The maximum Gasteiger partial charge on any atom is 0.301 e. The number of hydrogen-bond donors (Lipinski definition) is 1. The summed E-state index contributed by atoms with van der Waals surface area (Å²) in [7, 11) is 0. The Bertz CT molecular complexity index is 1540. The van der Waals surface area contributed by atoms with Gasteiger partial charge >= 0.3 is 5.91 Å². The lowest BCUT2D eigenvalue weighted by molar-refractivity contribution is -0.132. The highest BCUT2D eigenvalue weighted by molar-refractivity contribution is 7.22. The van der Waals surface area contributed by atoms with Crippen LogP contribution in [0.15, 0.2) is 72.3 Å². The third-order valence-corrected chi connectivity index (χ3v) is 7.82. The monoisotopic (exact) mass is 546 g/mol. The number of aryl methyl sites for hydroxylation is 1. The number of thiazole rings is 1. The Hall–Kier alpha value is -3.68. The van der Waals surface area contributed by atoms with Crippen LogP contribution in [0.25, 0.3) is 16.0 Å². The molecule has 1 atom stereocenters. The highest BCUT2D eigenvalue weighted by Gasteiger charge is 2.48. The number of aromatic nitrogens is 1. The topological polar surface area (TPSA) is 79.7 Å². The summed E-state index contributed by atoms with van der Waals surface area (Å²) in [6.45, 7) is 4.69. The van der Waals surface area contributed by atoms with Crippen molar-refractivity contribution in [1.29, 1.82) is 0 Å². The second-order valence-electron chi connectivity index (χ2n) is 9.10. The van der Waals surface area contributed by atoms with E-state index in [0.29, 0.717) is 39.2 Å². The first-order valence-electron chi connectivity index (χ1n) is 12.6. The quantitative estimate of drug-likeness (QED) is 0.108. The number of rotatable bonds is 8. The van der Waals surface area contributed by atoms with E-state index in [9.17, 15) is 14.7 Å². The lowest BCUT2D eigenvalue weighted by atomic mass is 9.94. The standard InChI is InChI=1S/C30H27ClN2O4S/c1-3-5-15-37-22-8-6-7-20(16-22)27(34)25-26(19-11-9-18(4-2)10-12-19)33(29(36)28(25)35)30-32-23-14-13-21(31)17-24(23)38-30/h6-14,16-17,26,34H,3-5,15H2,1-2H3/b27-25+. The van der Waals surface area contributed by atoms with E-state index in [1.807, 2.05) is 24.3 Å². The summed E-state index contributed by atoms with van der Waals surface area (Å²) >= 11 is 7.45. The molecule has 1 saturated heterocycles. The molecule has 1 aliphatic rings. The largest absolute Gasteiger partial charge is 0.507 e. The van der Waals surface area contributed by atoms with E-state index in [1.165, 1.54) is 16.2 Å². The summed E-state index contributed by atoms with van der Waals surface area (Å²) in [5, 5.41) is 12.4. The van der Waals surface area contributed by atoms with E-state index in [0.717, 1.165) is 29.5 Å². The van der Waals surface area contributed by atoms with Gasteiger partial charge in [0.1, 0.15) is 11.5 Å². The molecule has 194 valence electrons. The average Bonchev–Trinajstić information content (AvgIpc) is 3.46. The van der Waals surface area contributed by atoms with Crippen LogP contribution in [-0.2, 0) is 16.0 Å². The van der Waals surface area contributed by atoms with E-state index in [2.05, 4.69) is 18.8 Å². The fourth-order valence-corrected chi connectivity index (χ4v) is 5.76. The molecule has 1 aliphatic heterocycles. The van der Waals surface area contributed by atoms with Gasteiger partial charge in [-0.15, -0.1) is 0 Å². The lowest BCUT2D eigenvalue weighted by Gasteiger charge is -2.23. The third-order valence-electron chi connectivity index (χ3n) is 6.57. The van der Waals surface area contributed by atoms with Gasteiger partial charge < -0.3 is 9.84 Å². The number of ketones is 1. The zero-order valence-electron chi connectivity index (χ0n) is 21.1. The SMILES string of the molecule is CCCCOc1cccc(/C(O)=C2\C(=O)C(=O)N(c3nc4ccc(Cl)cc4s3)C2c2ccc(CC)cc2)c1. The number of hydrogen-bond acceptors (Lipinski definition) is 6. The van der Waals surface area contributed by atoms with Crippen LogP contribution in [0, 0.1) is 0 Å². The molecule has 2 heterocycles. The summed E-state index contributed by atoms with van der Waals surface area (Å²) in [5.74, 6) is -1.16. The predicted molar refractivity (Wildman–Crippen MR) is 152 cm³/mol. The normalized spacial score (nSPS) is 16.9. The number of benzene rings is 3. The van der Waals surface area contributed by atoms with Gasteiger partial charge in [0.2, 0.25) is 0 Å². The van der Waals surface area contributed by atoms with Gasteiger partial charge in [-0.25, -0.2) is 4.98 Å². The zero-order chi connectivity index (χ0) is 26.8. The number of unbranched alkanes of at least 4 members (excludes halogenated alkanes) is 1. The molecule has 0 bridgehead atoms. The van der Waals surface area contributed by atoms with Crippen molar-refractivity contribution in [3.05, 3.63) is 94.0 Å². The van der Waals surface area contributed by atoms with Crippen molar-refractivity contribution in [2.45, 2.75) is 39.2 Å². The first kappa shape index (κ1) is 25.9. The minimum absolute atomic E-state index is 0.0160. The number of halogens is 1. The predicted octanol–water partition coefficient (Wildman–Crippen LogP) is 7.32. The molecule has 1 unspecified atom stereocenters. The number of carbonyl (C=O) groups is 2. The number of anilines is 1. The molecular weight excluding hydrogens is 520 g/mol. The molecule has 1 amide bonds. The number of nitrogens with zero attached hydrogens (tertiary/aromatic N) is 2. The number of fused-ring (bicyclic) bond motifs is 1. The number of amides is 1. The molecule has 3 aromatic carbocycles. The van der Waals surface area contributed by atoms with E-state index in [1.54, 1.807) is 42.5 Å². The van der Waals surface area contributed by atoms with Crippen molar-refractivity contribution in [2.75, 3.05) is 11.5 Å². The third kappa shape index (κ3) is 4.91. The molecule has 0 aliphatic carbocycles. The maximum atomic E-state index is 13.5. The van der Waals surface area contributed by atoms with Crippen LogP contribution in [-0.4, -0.2) is 28.4 Å². The van der Waals surface area contributed by atoms with Crippen molar-refractivity contribution in [1.82, 2.24) is 4.98 Å². The van der Waals surface area contributed by atoms with Crippen LogP contribution in [0.3, 0.4) is 0 Å². The second-order valence-corrected chi connectivity index (χ2v) is 10.5. The van der Waals surface area contributed by atoms with Gasteiger partial charge in [0.05, 0.1) is 28.4 Å². The van der Waals surface area contributed by atoms with Crippen LogP contribution < -0.4 is 9.64 Å². The summed E-state index contributed by atoms with van der Waals surface area (Å²) < 4.78 is 6.60. The number of Topliss-reactive ketones (excluding diaryl/α,β-unsaturated/α-hetero) is 1. The van der Waals surface area contributed by atoms with E-state index in [4.69, 9.17) is 16.3 Å². The summed E-state index contributed by atoms with van der Waals surface area (Å²) in [6.07, 6.45) is 2.75. The van der Waals surface area contributed by atoms with Crippen LogP contribution in [0.5, 0.6) is 5.75 Å². The van der Waals surface area contributed by atoms with Gasteiger partial charge in [0.15, 0.2) is 5.13 Å². The van der Waals surface area contributed by atoms with Crippen molar-refractivity contribution < 1.29 is 19.4 Å². The van der Waals surface area contributed by atoms with Crippen molar-refractivity contribution in [3.8, 4) is 5.75 Å². The van der Waals surface area contributed by atoms with E-state index in [-0.39, 0.29) is 11.3 Å². The minimum Gasteiger partial charge on any atom is -0.507 e. The highest BCUT2D eigenvalue weighted by atomic mass is 35.5. The fraction of sp³-hybridized carbons (Fsp3) is 0.233. The van der Waals surface area contributed by atoms with Crippen LogP contribution in [0.4, 0.5) is 5.13 Å². The summed E-state index contributed by atoms with van der Waals surface area (Å²) in [5.41, 5.74) is 2.92. The van der Waals surface area contributed by atoms with Crippen LogP contribution in [0.1, 0.15) is 49.4 Å². The Kier molecular flexibility index (Phi) is 7.49. The Balaban J connectivity index is 1.64. The minimum atomic E-state index is -0.846. The highest BCUT2D eigenvalue weighted by Crippen LogP contribution is 2.44. The van der Waals surface area contributed by atoms with Gasteiger partial charge in [-0.3, -0.25) is 14.5 Å². The fourth-order valence-electron chi connectivity index (χ4n) is 4.49. The number of ether oxygens (including phenoxy) is 1. The van der Waals surface area contributed by atoms with Crippen molar-refractivity contribution in [2.24, 2.45) is 0 Å². The molecule has 1 fully saturated rings. The van der Waals surface area contributed by atoms with Crippen LogP contribution >= 0.6 is 22.9 Å². The summed E-state index contributed by atoms with van der Waals surface area (Å²) in [4.78, 5) is 33.0. The maximum absolute atomic E-state index is 13.5. The van der Waals surface area contributed by atoms with Gasteiger partial charge in [-0.05, 0) is 54.3 Å². The molecule has 38 heavy (non-hydrogen) atoms. The lowest BCUT2D eigenvalue weighted by Crippen LogP contribution is -2.29. The van der Waals surface area contributed by atoms with Crippen molar-refractivity contribution >= 4 is 55.7 Å². The van der Waals surface area contributed by atoms with Gasteiger partial charge in [0, 0.05) is 10.6 Å². The molecular formula is C30H27ClN2O4S. The van der Waals surface area contributed by atoms with E-state index >= 15 is 0 Å². The number of aliphatic hydroxyl groups excluding tert-OH is 1. The molecule has 6 nitrogen and oxygen atoms in total. The van der Waals surface area contributed by atoms with Gasteiger partial charge in [-0.2, -0.15) is 0 Å². The van der Waals surface area contributed by atoms with Crippen molar-refractivity contribution in [3.63, 3.8) is 0 Å². The Morgan fingerprint density at radius 2 is 1.87 bits per heavy atom. The average molecular weight is 547 g/mol. The van der Waals surface area contributed by atoms with E-state index < -0.39 is 17.7 Å². The first-order valence-corrected chi connectivity index (χ1v) is 13.8. The molecule has 0 spiro atoms. The molecule has 1 N–H and O–H groups in total.